The smallest absolute Gasteiger partial charge is 0.480 e. The standard InChI is InChI=1S/C39H54B2F2N6O13/c1-3-23(38(56)49-19-7-9-31(49)37(55)48-33(22(2)50)39(57)58)8-4-5-16-46-36(54)30(47-35(53)27-14-12-25(41(61)62)21-29(27)43)15-18-44-32(51)10-6-17-45-34(52)26-13-11-24(40(59)60)20-28(26)42/h11-14,20-23,30-31,33,50,59-62H,3-10,15-19H2,1-2H3,(H,44,51)(H,45,52)(H,46,54)(H,47,53)(H,48,55)(H,57,58)/t22-,23+,30-,31+,33+/m1/s1. The Bertz CT molecular complexity index is 1910. The predicted molar refractivity (Wildman–Crippen MR) is 220 cm³/mol. The number of aliphatic hydroxyl groups is 1. The van der Waals surface area contributed by atoms with E-state index in [1.807, 2.05) is 6.92 Å². The Morgan fingerprint density at radius 3 is 1.94 bits per heavy atom. The number of carboxylic acids is 1. The Morgan fingerprint density at radius 2 is 1.39 bits per heavy atom. The van der Waals surface area contributed by atoms with Gasteiger partial charge in [0.15, 0.2) is 6.04 Å². The molecule has 2 aromatic carbocycles. The Balaban J connectivity index is 1.53. The SMILES string of the molecule is CC[C@@H](CCCCNC(=O)[C@@H](CCNC(=O)CCCNC(=O)c1ccc(B(O)O)cc1F)NC(=O)c1ccc(B(O)O)cc1F)C(=O)N1CCC[C@H]1C(=O)N[C@H](C(=O)O)[C@@H](C)O. The maximum absolute atomic E-state index is 14.8. The van der Waals surface area contributed by atoms with Crippen molar-refractivity contribution in [2.45, 2.75) is 95.9 Å². The summed E-state index contributed by atoms with van der Waals surface area (Å²) in [6.07, 6.45) is 1.12. The Kier molecular flexibility index (Phi) is 20.4. The molecule has 1 fully saturated rings. The molecule has 0 saturated carbocycles. The second-order valence-electron chi connectivity index (χ2n) is 14.9. The van der Waals surface area contributed by atoms with Crippen LogP contribution in [0, 0.1) is 17.6 Å². The molecule has 23 heteroatoms. The number of rotatable bonds is 24. The van der Waals surface area contributed by atoms with Crippen LogP contribution in [0.2, 0.25) is 0 Å². The summed E-state index contributed by atoms with van der Waals surface area (Å²) in [6.45, 7) is 3.31. The number of nitrogens with one attached hydrogen (secondary N) is 5. The highest BCUT2D eigenvalue weighted by Crippen LogP contribution is 2.24. The first-order chi connectivity index (χ1) is 29.4. The number of carbonyl (C=O) groups excluding carboxylic acids is 6. The van der Waals surface area contributed by atoms with Crippen LogP contribution in [0.4, 0.5) is 8.78 Å². The number of hydrogen-bond donors (Lipinski definition) is 11. The number of carbonyl (C=O) groups is 7. The maximum Gasteiger partial charge on any atom is 0.488 e. The van der Waals surface area contributed by atoms with E-state index in [1.54, 1.807) is 0 Å². The van der Waals surface area contributed by atoms with Gasteiger partial charge in [0.25, 0.3) is 11.8 Å². The fraction of sp³-hybridized carbons (Fsp3) is 0.513. The van der Waals surface area contributed by atoms with E-state index in [0.29, 0.717) is 45.1 Å². The molecule has 338 valence electrons. The molecule has 6 amide bonds. The van der Waals surface area contributed by atoms with Crippen LogP contribution in [0.25, 0.3) is 0 Å². The number of amides is 6. The number of carboxylic acid groups (broad SMARTS) is 1. The van der Waals surface area contributed by atoms with Gasteiger partial charge in [-0.1, -0.05) is 25.5 Å². The van der Waals surface area contributed by atoms with Crippen molar-refractivity contribution in [2.24, 2.45) is 5.92 Å². The number of nitrogens with zero attached hydrogens (tertiary/aromatic N) is 1. The zero-order valence-corrected chi connectivity index (χ0v) is 34.4. The van der Waals surface area contributed by atoms with Gasteiger partial charge >= 0.3 is 20.2 Å². The highest BCUT2D eigenvalue weighted by atomic mass is 19.1. The third kappa shape index (κ3) is 15.2. The number of aliphatic hydroxyl groups excluding tert-OH is 1. The minimum Gasteiger partial charge on any atom is -0.480 e. The molecule has 19 nitrogen and oxygen atoms in total. The second kappa shape index (κ2) is 24.8. The third-order valence-electron chi connectivity index (χ3n) is 10.3. The monoisotopic (exact) mass is 874 g/mol. The number of halogens is 2. The molecule has 1 aliphatic rings. The molecule has 1 heterocycles. The van der Waals surface area contributed by atoms with Crippen LogP contribution in [0.5, 0.6) is 0 Å². The average molecular weight is 875 g/mol. The molecule has 1 aliphatic heterocycles. The van der Waals surface area contributed by atoms with Gasteiger partial charge in [0, 0.05) is 38.5 Å². The predicted octanol–water partition coefficient (Wildman–Crippen LogP) is -2.61. The van der Waals surface area contributed by atoms with Gasteiger partial charge in [-0.3, -0.25) is 28.8 Å². The molecule has 2 aromatic rings. The van der Waals surface area contributed by atoms with E-state index >= 15 is 0 Å². The number of benzene rings is 2. The number of aliphatic carboxylic acids is 1. The van der Waals surface area contributed by atoms with Crippen molar-refractivity contribution in [2.75, 3.05) is 26.2 Å². The molecule has 1 saturated heterocycles. The summed E-state index contributed by atoms with van der Waals surface area (Å²) in [5, 5.41) is 68.6. The molecule has 0 radical (unpaired) electrons. The number of hydrogen-bond acceptors (Lipinski definition) is 12. The molecule has 0 aliphatic carbocycles. The summed E-state index contributed by atoms with van der Waals surface area (Å²) in [7, 11) is -3.91. The molecular formula is C39H54B2F2N6O13. The topological polar surface area (TPSA) is 304 Å². The minimum absolute atomic E-state index is 0.0162. The lowest BCUT2D eigenvalue weighted by molar-refractivity contribution is -0.147. The van der Waals surface area contributed by atoms with Crippen molar-refractivity contribution in [3.63, 3.8) is 0 Å². The molecule has 0 unspecified atom stereocenters. The first-order valence-corrected chi connectivity index (χ1v) is 20.3. The fourth-order valence-electron chi connectivity index (χ4n) is 6.78. The molecule has 3 rings (SSSR count). The van der Waals surface area contributed by atoms with E-state index < -0.39 is 97.1 Å². The van der Waals surface area contributed by atoms with Crippen molar-refractivity contribution < 1.29 is 72.7 Å². The summed E-state index contributed by atoms with van der Waals surface area (Å²) in [5.41, 5.74) is -1.17. The van der Waals surface area contributed by atoms with Crippen LogP contribution in [-0.4, -0.2) is 141 Å². The fourth-order valence-corrected chi connectivity index (χ4v) is 6.78. The lowest BCUT2D eigenvalue weighted by Crippen LogP contribution is -2.54. The summed E-state index contributed by atoms with van der Waals surface area (Å²) in [5.74, 6) is -7.81. The maximum atomic E-state index is 14.8. The largest absolute Gasteiger partial charge is 0.488 e. The highest BCUT2D eigenvalue weighted by molar-refractivity contribution is 6.59. The van der Waals surface area contributed by atoms with E-state index in [-0.39, 0.29) is 61.3 Å². The van der Waals surface area contributed by atoms with Crippen LogP contribution in [0.15, 0.2) is 36.4 Å². The van der Waals surface area contributed by atoms with Gasteiger partial charge in [0.05, 0.1) is 17.2 Å². The molecule has 0 spiro atoms. The normalized spacial score (nSPS) is 15.4. The first-order valence-electron chi connectivity index (χ1n) is 20.3. The zero-order chi connectivity index (χ0) is 46.1. The van der Waals surface area contributed by atoms with Crippen molar-refractivity contribution in [1.82, 2.24) is 31.5 Å². The van der Waals surface area contributed by atoms with Gasteiger partial charge in [-0.2, -0.15) is 0 Å². The van der Waals surface area contributed by atoms with Gasteiger partial charge in [-0.05, 0) is 87.1 Å². The number of unbranched alkanes of at least 4 members (excludes halogenated alkanes) is 1. The van der Waals surface area contributed by atoms with Crippen LogP contribution in [-0.2, 0) is 24.0 Å². The Labute approximate surface area is 357 Å². The minimum atomic E-state index is -1.99. The first kappa shape index (κ1) is 50.9. The van der Waals surface area contributed by atoms with Gasteiger partial charge in [-0.25, -0.2) is 13.6 Å². The quantitative estimate of drug-likeness (QED) is 0.0381. The van der Waals surface area contributed by atoms with E-state index in [2.05, 4.69) is 26.6 Å². The summed E-state index contributed by atoms with van der Waals surface area (Å²) < 4.78 is 29.0. The summed E-state index contributed by atoms with van der Waals surface area (Å²) in [6, 6.07) is 2.26. The molecular weight excluding hydrogens is 820 g/mol. The second-order valence-corrected chi connectivity index (χ2v) is 14.9. The summed E-state index contributed by atoms with van der Waals surface area (Å²) >= 11 is 0. The van der Waals surface area contributed by atoms with Crippen LogP contribution >= 0.6 is 0 Å². The molecule has 5 atom stereocenters. The zero-order valence-electron chi connectivity index (χ0n) is 34.4. The molecule has 11 N–H and O–H groups in total. The number of likely N-dealkylation sites (tertiary alicyclic amines) is 1. The van der Waals surface area contributed by atoms with E-state index in [1.165, 1.54) is 17.9 Å². The van der Waals surface area contributed by atoms with E-state index in [0.717, 1.165) is 30.3 Å². The van der Waals surface area contributed by atoms with Crippen molar-refractivity contribution in [3.05, 3.63) is 59.2 Å². The molecule has 0 aromatic heterocycles. The Hall–Kier alpha value is -5.48. The molecule has 62 heavy (non-hydrogen) atoms. The van der Waals surface area contributed by atoms with Crippen molar-refractivity contribution >= 4 is 66.6 Å². The van der Waals surface area contributed by atoms with Crippen LogP contribution in [0.1, 0.15) is 92.4 Å². The highest BCUT2D eigenvalue weighted by Gasteiger charge is 2.38. The Morgan fingerprint density at radius 1 is 0.790 bits per heavy atom. The molecule has 0 bridgehead atoms. The summed E-state index contributed by atoms with van der Waals surface area (Å²) in [4.78, 5) is 90.6. The van der Waals surface area contributed by atoms with Gasteiger partial charge in [0.1, 0.15) is 23.7 Å². The van der Waals surface area contributed by atoms with Gasteiger partial charge in [-0.15, -0.1) is 0 Å². The third-order valence-corrected chi connectivity index (χ3v) is 10.3. The van der Waals surface area contributed by atoms with Crippen LogP contribution in [0.3, 0.4) is 0 Å². The van der Waals surface area contributed by atoms with E-state index in [9.17, 15) is 62.6 Å². The van der Waals surface area contributed by atoms with E-state index in [4.69, 9.17) is 10.0 Å². The lowest BCUT2D eigenvalue weighted by Gasteiger charge is -2.29. The van der Waals surface area contributed by atoms with Gasteiger partial charge < -0.3 is 61.8 Å². The van der Waals surface area contributed by atoms with Crippen molar-refractivity contribution in [3.8, 4) is 0 Å². The lowest BCUT2D eigenvalue weighted by atomic mass is 9.80. The average Bonchev–Trinajstić information content (AvgIpc) is 3.72. The van der Waals surface area contributed by atoms with Crippen molar-refractivity contribution in [1.29, 1.82) is 0 Å². The van der Waals surface area contributed by atoms with Crippen LogP contribution < -0.4 is 37.5 Å². The van der Waals surface area contributed by atoms with Gasteiger partial charge in [0.2, 0.25) is 23.6 Å².